The van der Waals surface area contributed by atoms with E-state index < -0.39 is 0 Å². The first-order chi connectivity index (χ1) is 10.7. The first kappa shape index (κ1) is 15.0. The van der Waals surface area contributed by atoms with Gasteiger partial charge in [0.2, 0.25) is 5.91 Å². The molecule has 6 heteroatoms. The van der Waals surface area contributed by atoms with Gasteiger partial charge in [-0.2, -0.15) is 0 Å². The number of nitrogens with one attached hydrogen (secondary N) is 1. The number of rotatable bonds is 3. The molecule has 0 saturated carbocycles. The Morgan fingerprint density at radius 1 is 1.32 bits per heavy atom. The van der Waals surface area contributed by atoms with E-state index >= 15 is 0 Å². The van der Waals surface area contributed by atoms with Crippen LogP contribution in [0.2, 0.25) is 5.02 Å². The van der Waals surface area contributed by atoms with E-state index in [1.807, 2.05) is 13.0 Å². The number of hydrogen-bond donors (Lipinski definition) is 1. The number of carbonyl (C=O) groups excluding carboxylic acids is 1. The van der Waals surface area contributed by atoms with E-state index in [1.54, 1.807) is 12.1 Å². The molecule has 0 unspecified atom stereocenters. The number of carbonyl (C=O) groups is 1. The van der Waals surface area contributed by atoms with Gasteiger partial charge in [-0.25, -0.2) is 0 Å². The zero-order chi connectivity index (χ0) is 15.5. The molecule has 0 bridgehead atoms. The summed E-state index contributed by atoms with van der Waals surface area (Å²) in [7, 11) is 0. The monoisotopic (exact) mass is 318 g/mol. The maximum absolute atomic E-state index is 11.6. The van der Waals surface area contributed by atoms with Crippen LogP contribution in [0.3, 0.4) is 0 Å². The highest BCUT2D eigenvalue weighted by molar-refractivity contribution is 6.33. The molecule has 2 aromatic rings. The molecule has 116 valence electrons. The lowest BCUT2D eigenvalue weighted by Gasteiger charge is -2.10. The highest BCUT2D eigenvalue weighted by atomic mass is 35.5. The number of anilines is 1. The van der Waals surface area contributed by atoms with E-state index in [9.17, 15) is 4.79 Å². The Morgan fingerprint density at radius 2 is 2.18 bits per heavy atom. The lowest BCUT2D eigenvalue weighted by Crippen LogP contribution is -2.09. The van der Waals surface area contributed by atoms with Crippen LogP contribution in [0, 0.1) is 0 Å². The number of benzene rings is 1. The first-order valence-electron chi connectivity index (χ1n) is 7.71. The fourth-order valence-corrected chi connectivity index (χ4v) is 2.91. The third-order valence-corrected chi connectivity index (χ3v) is 4.25. The summed E-state index contributed by atoms with van der Waals surface area (Å²) in [4.78, 5) is 11.6. The molecule has 3 rings (SSSR count). The number of fused-ring (bicyclic) bond motifs is 1. The number of nitrogens with zero attached hydrogens (tertiary/aromatic N) is 3. The molecule has 1 aliphatic heterocycles. The second-order valence-electron chi connectivity index (χ2n) is 5.50. The van der Waals surface area contributed by atoms with Crippen LogP contribution < -0.4 is 5.32 Å². The van der Waals surface area contributed by atoms with Gasteiger partial charge in [0.15, 0.2) is 5.82 Å². The number of halogens is 1. The summed E-state index contributed by atoms with van der Waals surface area (Å²) in [6.45, 7) is 2.74. The Balaban J connectivity index is 1.99. The summed E-state index contributed by atoms with van der Waals surface area (Å²) in [6.07, 6.45) is 4.89. The van der Waals surface area contributed by atoms with Gasteiger partial charge in [-0.15, -0.1) is 10.2 Å². The minimum absolute atomic E-state index is 0.0201. The molecule has 1 aliphatic rings. The molecule has 1 aromatic carbocycles. The fraction of sp³-hybridized carbons (Fsp3) is 0.438. The summed E-state index contributed by atoms with van der Waals surface area (Å²) < 4.78 is 2.15. The van der Waals surface area contributed by atoms with Gasteiger partial charge >= 0.3 is 0 Å². The fourth-order valence-electron chi connectivity index (χ4n) is 2.71. The van der Waals surface area contributed by atoms with Crippen molar-refractivity contribution in [2.45, 2.75) is 45.6 Å². The van der Waals surface area contributed by atoms with Crippen LogP contribution in [0.4, 0.5) is 5.69 Å². The minimum atomic E-state index is -0.0201. The minimum Gasteiger partial charge on any atom is -0.326 e. The Kier molecular flexibility index (Phi) is 4.43. The maximum atomic E-state index is 11.6. The molecular weight excluding hydrogens is 300 g/mol. The van der Waals surface area contributed by atoms with Crippen molar-refractivity contribution in [1.29, 1.82) is 0 Å². The molecule has 0 radical (unpaired) electrons. The second-order valence-corrected chi connectivity index (χ2v) is 5.91. The Morgan fingerprint density at radius 3 is 3.00 bits per heavy atom. The molecule has 0 aliphatic carbocycles. The normalized spacial score (nSPS) is 14.3. The Bertz CT molecular complexity index is 695. The van der Waals surface area contributed by atoms with Gasteiger partial charge in [0.1, 0.15) is 5.82 Å². The van der Waals surface area contributed by atoms with Gasteiger partial charge in [-0.3, -0.25) is 4.79 Å². The summed E-state index contributed by atoms with van der Waals surface area (Å²) in [5.41, 5.74) is 1.55. The van der Waals surface area contributed by atoms with E-state index in [4.69, 9.17) is 11.6 Å². The molecule has 0 atom stereocenters. The van der Waals surface area contributed by atoms with Crippen molar-refractivity contribution >= 4 is 23.2 Å². The smallest absolute Gasteiger partial charge is 0.224 e. The van der Waals surface area contributed by atoms with Crippen LogP contribution in [-0.4, -0.2) is 20.7 Å². The van der Waals surface area contributed by atoms with Crippen LogP contribution in [0.1, 0.15) is 38.4 Å². The second kappa shape index (κ2) is 6.48. The highest BCUT2D eigenvalue weighted by Crippen LogP contribution is 2.31. The number of aromatic nitrogens is 3. The molecule has 2 heterocycles. The zero-order valence-corrected chi connectivity index (χ0v) is 13.4. The molecule has 0 fully saturated rings. The predicted molar refractivity (Wildman–Crippen MR) is 86.9 cm³/mol. The summed E-state index contributed by atoms with van der Waals surface area (Å²) >= 11 is 6.35. The lowest BCUT2D eigenvalue weighted by molar-refractivity contribution is -0.115. The lowest BCUT2D eigenvalue weighted by atomic mass is 10.1. The molecular formula is C16H19ClN4O. The van der Waals surface area contributed by atoms with E-state index in [2.05, 4.69) is 20.1 Å². The van der Waals surface area contributed by atoms with Crippen LogP contribution in [-0.2, 0) is 17.8 Å². The van der Waals surface area contributed by atoms with E-state index in [0.29, 0.717) is 11.4 Å². The van der Waals surface area contributed by atoms with Crippen LogP contribution in [0.25, 0.3) is 11.4 Å². The van der Waals surface area contributed by atoms with Crippen molar-refractivity contribution in [1.82, 2.24) is 14.8 Å². The SMILES string of the molecule is CCC(=O)Nc1ccc(Cl)c(-c2nnc3n2CCCCC3)c1. The molecule has 5 nitrogen and oxygen atoms in total. The largest absolute Gasteiger partial charge is 0.326 e. The third kappa shape index (κ3) is 2.99. The van der Waals surface area contributed by atoms with Gasteiger partial charge in [-0.1, -0.05) is 24.9 Å². The Hall–Kier alpha value is -1.88. The summed E-state index contributed by atoms with van der Waals surface area (Å²) in [5.74, 6) is 1.79. The highest BCUT2D eigenvalue weighted by Gasteiger charge is 2.18. The van der Waals surface area contributed by atoms with Crippen LogP contribution >= 0.6 is 11.6 Å². The molecule has 22 heavy (non-hydrogen) atoms. The first-order valence-corrected chi connectivity index (χ1v) is 8.08. The predicted octanol–water partition coefficient (Wildman–Crippen LogP) is 3.67. The average molecular weight is 319 g/mol. The quantitative estimate of drug-likeness (QED) is 0.939. The van der Waals surface area contributed by atoms with Gasteiger partial charge in [-0.05, 0) is 31.0 Å². The molecule has 1 aromatic heterocycles. The van der Waals surface area contributed by atoms with Crippen LogP contribution in [0.15, 0.2) is 18.2 Å². The average Bonchev–Trinajstić information content (AvgIpc) is 2.77. The van der Waals surface area contributed by atoms with Gasteiger partial charge in [0.05, 0.1) is 5.02 Å². The van der Waals surface area contributed by atoms with E-state index in [0.717, 1.165) is 48.7 Å². The molecule has 1 amide bonds. The van der Waals surface area contributed by atoms with Gasteiger partial charge < -0.3 is 9.88 Å². The molecule has 1 N–H and O–H groups in total. The Labute approximate surface area is 134 Å². The van der Waals surface area contributed by atoms with E-state index in [-0.39, 0.29) is 5.91 Å². The van der Waals surface area contributed by atoms with E-state index in [1.165, 1.54) is 6.42 Å². The van der Waals surface area contributed by atoms with Gasteiger partial charge in [0, 0.05) is 30.6 Å². The van der Waals surface area contributed by atoms with Crippen molar-refractivity contribution in [3.8, 4) is 11.4 Å². The molecule has 0 saturated heterocycles. The van der Waals surface area contributed by atoms with Crippen LogP contribution in [0.5, 0.6) is 0 Å². The summed E-state index contributed by atoms with van der Waals surface area (Å²) in [5, 5.41) is 12.1. The van der Waals surface area contributed by atoms with Crippen molar-refractivity contribution in [3.63, 3.8) is 0 Å². The zero-order valence-electron chi connectivity index (χ0n) is 12.6. The van der Waals surface area contributed by atoms with Crippen molar-refractivity contribution < 1.29 is 4.79 Å². The van der Waals surface area contributed by atoms with Crippen molar-refractivity contribution in [3.05, 3.63) is 29.0 Å². The van der Waals surface area contributed by atoms with Gasteiger partial charge in [0.25, 0.3) is 0 Å². The maximum Gasteiger partial charge on any atom is 0.224 e. The topological polar surface area (TPSA) is 59.8 Å². The standard InChI is InChI=1S/C16H19ClN4O/c1-2-15(22)18-11-7-8-13(17)12(10-11)16-20-19-14-6-4-3-5-9-21(14)16/h7-8,10H,2-6,9H2,1H3,(H,18,22). The van der Waals surface area contributed by atoms with Crippen molar-refractivity contribution in [2.75, 3.05) is 5.32 Å². The number of aryl methyl sites for hydroxylation is 1. The third-order valence-electron chi connectivity index (χ3n) is 3.92. The number of hydrogen-bond acceptors (Lipinski definition) is 3. The molecule has 0 spiro atoms. The summed E-state index contributed by atoms with van der Waals surface area (Å²) in [6, 6.07) is 5.47. The number of amides is 1. The van der Waals surface area contributed by atoms with Crippen molar-refractivity contribution in [2.24, 2.45) is 0 Å².